The van der Waals surface area contributed by atoms with Gasteiger partial charge >= 0.3 is 0 Å². The summed E-state index contributed by atoms with van der Waals surface area (Å²) in [5, 5.41) is 0. The van der Waals surface area contributed by atoms with Crippen LogP contribution in [0.1, 0.15) is 23.0 Å². The molecule has 0 fully saturated rings. The van der Waals surface area contributed by atoms with Gasteiger partial charge in [-0.25, -0.2) is 15.4 Å². The van der Waals surface area contributed by atoms with Gasteiger partial charge in [0.15, 0.2) is 0 Å². The molecule has 5 heteroatoms. The van der Waals surface area contributed by atoms with Gasteiger partial charge in [-0.2, -0.15) is 0 Å². The molecule has 1 aromatic heterocycles. The Hall–Kier alpha value is -1.98. The first-order valence-electron chi connectivity index (χ1n) is 6.10. The molecule has 0 amide bonds. The lowest BCUT2D eigenvalue weighted by Gasteiger charge is -2.15. The fraction of sp³-hybridized carbons (Fsp3) is 0.286. The Balaban J connectivity index is 2.16. The monoisotopic (exact) mass is 258 g/mol. The van der Waals surface area contributed by atoms with Crippen molar-refractivity contribution in [3.63, 3.8) is 0 Å². The summed E-state index contributed by atoms with van der Waals surface area (Å²) in [7, 11) is 1.65. The number of hydrazine groups is 1. The quantitative estimate of drug-likeness (QED) is 0.628. The molecular formula is C14H18N4O. The zero-order valence-corrected chi connectivity index (χ0v) is 11.1. The van der Waals surface area contributed by atoms with Gasteiger partial charge in [0, 0.05) is 12.4 Å². The highest BCUT2D eigenvalue weighted by Gasteiger charge is 2.13. The number of ether oxygens (including phenoxy) is 1. The predicted molar refractivity (Wildman–Crippen MR) is 73.5 cm³/mol. The summed E-state index contributed by atoms with van der Waals surface area (Å²) in [6.45, 7) is 1.96. The van der Waals surface area contributed by atoms with E-state index in [2.05, 4.69) is 15.4 Å². The Kier molecular flexibility index (Phi) is 4.43. The van der Waals surface area contributed by atoms with Gasteiger partial charge in [-0.3, -0.25) is 5.84 Å². The first-order chi connectivity index (χ1) is 9.22. The van der Waals surface area contributed by atoms with Gasteiger partial charge in [0.1, 0.15) is 11.6 Å². The smallest absolute Gasteiger partial charge is 0.146 e. The van der Waals surface area contributed by atoms with E-state index in [0.717, 1.165) is 16.9 Å². The van der Waals surface area contributed by atoms with Crippen LogP contribution >= 0.6 is 0 Å². The molecule has 2 aromatic rings. The summed E-state index contributed by atoms with van der Waals surface area (Å²) >= 11 is 0. The molecule has 3 N–H and O–H groups in total. The van der Waals surface area contributed by atoms with Crippen LogP contribution in [0.15, 0.2) is 36.7 Å². The standard InChI is InChI=1S/C14H18N4O/c1-10-8-16-14(17-9-10)13(18-15)7-11-4-3-5-12(6-11)19-2/h3-6,8-9,13,18H,7,15H2,1-2H3. The van der Waals surface area contributed by atoms with Gasteiger partial charge in [-0.15, -0.1) is 0 Å². The largest absolute Gasteiger partial charge is 0.497 e. The number of hydrogen-bond donors (Lipinski definition) is 2. The van der Waals surface area contributed by atoms with Crippen LogP contribution in [0.5, 0.6) is 5.75 Å². The molecule has 0 saturated heterocycles. The number of methoxy groups -OCH3 is 1. The molecule has 1 unspecified atom stereocenters. The second kappa shape index (κ2) is 6.26. The third-order valence-corrected chi connectivity index (χ3v) is 2.89. The van der Waals surface area contributed by atoms with E-state index < -0.39 is 0 Å². The number of nitrogens with one attached hydrogen (secondary N) is 1. The molecule has 0 spiro atoms. The molecule has 1 aromatic carbocycles. The van der Waals surface area contributed by atoms with Crippen LogP contribution in [0.3, 0.4) is 0 Å². The van der Waals surface area contributed by atoms with Gasteiger partial charge in [-0.1, -0.05) is 12.1 Å². The maximum Gasteiger partial charge on any atom is 0.146 e. The number of nitrogens with two attached hydrogens (primary N) is 1. The molecule has 1 atom stereocenters. The van der Waals surface area contributed by atoms with Gasteiger partial charge < -0.3 is 4.74 Å². The first-order valence-corrected chi connectivity index (χ1v) is 6.10. The fourth-order valence-electron chi connectivity index (χ4n) is 1.84. The lowest BCUT2D eigenvalue weighted by Crippen LogP contribution is -2.31. The highest BCUT2D eigenvalue weighted by atomic mass is 16.5. The van der Waals surface area contributed by atoms with Gasteiger partial charge in [-0.05, 0) is 36.6 Å². The van der Waals surface area contributed by atoms with E-state index in [4.69, 9.17) is 10.6 Å². The maximum absolute atomic E-state index is 5.60. The summed E-state index contributed by atoms with van der Waals surface area (Å²) < 4.78 is 5.21. The second-order valence-corrected chi connectivity index (χ2v) is 4.39. The average molecular weight is 258 g/mol. The van der Waals surface area contributed by atoms with Crippen molar-refractivity contribution in [2.24, 2.45) is 5.84 Å². The predicted octanol–water partition coefficient (Wildman–Crippen LogP) is 1.54. The van der Waals surface area contributed by atoms with Crippen molar-refractivity contribution < 1.29 is 4.74 Å². The normalized spacial score (nSPS) is 12.2. The van der Waals surface area contributed by atoms with Crippen LogP contribution in [-0.4, -0.2) is 17.1 Å². The average Bonchev–Trinajstić information content (AvgIpc) is 2.46. The summed E-state index contributed by atoms with van der Waals surface area (Å²) in [5.74, 6) is 7.12. The topological polar surface area (TPSA) is 73.1 Å². The number of nitrogens with zero attached hydrogens (tertiary/aromatic N) is 2. The Morgan fingerprint density at radius 2 is 2.05 bits per heavy atom. The van der Waals surface area contributed by atoms with Crippen molar-refractivity contribution in [1.82, 2.24) is 15.4 Å². The first kappa shape index (κ1) is 13.5. The third kappa shape index (κ3) is 3.49. The summed E-state index contributed by atoms with van der Waals surface area (Å²) in [5.41, 5.74) is 4.90. The van der Waals surface area contributed by atoms with Crippen molar-refractivity contribution >= 4 is 0 Å². The van der Waals surface area contributed by atoms with E-state index in [1.165, 1.54) is 0 Å². The van der Waals surface area contributed by atoms with Crippen molar-refractivity contribution in [2.45, 2.75) is 19.4 Å². The molecule has 0 bridgehead atoms. The van der Waals surface area contributed by atoms with Crippen LogP contribution in [0, 0.1) is 6.92 Å². The number of benzene rings is 1. The molecule has 19 heavy (non-hydrogen) atoms. The van der Waals surface area contributed by atoms with Crippen LogP contribution in [0.25, 0.3) is 0 Å². The molecule has 0 saturated carbocycles. The lowest BCUT2D eigenvalue weighted by atomic mass is 10.1. The minimum absolute atomic E-state index is 0.118. The molecule has 0 aliphatic rings. The molecule has 5 nitrogen and oxygen atoms in total. The zero-order chi connectivity index (χ0) is 13.7. The summed E-state index contributed by atoms with van der Waals surface area (Å²) in [6.07, 6.45) is 4.28. The molecular weight excluding hydrogens is 240 g/mol. The highest BCUT2D eigenvalue weighted by molar-refractivity contribution is 5.29. The third-order valence-electron chi connectivity index (χ3n) is 2.89. The molecule has 0 radical (unpaired) electrons. The van der Waals surface area contributed by atoms with Crippen molar-refractivity contribution in [3.8, 4) is 5.75 Å². The number of aromatic nitrogens is 2. The SMILES string of the molecule is COc1cccc(CC(NN)c2ncc(C)cn2)c1. The number of hydrogen-bond acceptors (Lipinski definition) is 5. The minimum atomic E-state index is -0.118. The van der Waals surface area contributed by atoms with Crippen molar-refractivity contribution in [1.29, 1.82) is 0 Å². The van der Waals surface area contributed by atoms with Gasteiger partial charge in [0.2, 0.25) is 0 Å². The van der Waals surface area contributed by atoms with Crippen molar-refractivity contribution in [3.05, 3.63) is 53.6 Å². The Bertz CT molecular complexity index is 527. The zero-order valence-electron chi connectivity index (χ0n) is 11.1. The van der Waals surface area contributed by atoms with E-state index in [1.54, 1.807) is 19.5 Å². The highest BCUT2D eigenvalue weighted by Crippen LogP contribution is 2.18. The van der Waals surface area contributed by atoms with Gasteiger partial charge in [0.05, 0.1) is 13.2 Å². The molecule has 1 heterocycles. The Morgan fingerprint density at radius 1 is 1.32 bits per heavy atom. The van der Waals surface area contributed by atoms with Crippen LogP contribution in [0.2, 0.25) is 0 Å². The molecule has 2 rings (SSSR count). The van der Waals surface area contributed by atoms with Crippen LogP contribution < -0.4 is 16.0 Å². The summed E-state index contributed by atoms with van der Waals surface area (Å²) in [4.78, 5) is 8.61. The molecule has 0 aliphatic carbocycles. The molecule has 100 valence electrons. The van der Waals surface area contributed by atoms with Crippen molar-refractivity contribution in [2.75, 3.05) is 7.11 Å². The van der Waals surface area contributed by atoms with Crippen LogP contribution in [0.4, 0.5) is 0 Å². The van der Waals surface area contributed by atoms with Crippen LogP contribution in [-0.2, 0) is 6.42 Å². The second-order valence-electron chi connectivity index (χ2n) is 4.39. The Labute approximate surface area is 112 Å². The van der Waals surface area contributed by atoms with E-state index in [1.807, 2.05) is 31.2 Å². The minimum Gasteiger partial charge on any atom is -0.497 e. The van der Waals surface area contributed by atoms with Gasteiger partial charge in [0.25, 0.3) is 0 Å². The van der Waals surface area contributed by atoms with E-state index >= 15 is 0 Å². The Morgan fingerprint density at radius 3 is 2.68 bits per heavy atom. The number of aryl methyl sites for hydroxylation is 1. The van der Waals surface area contributed by atoms with E-state index in [0.29, 0.717) is 12.2 Å². The lowest BCUT2D eigenvalue weighted by molar-refractivity contribution is 0.413. The number of rotatable bonds is 5. The maximum atomic E-state index is 5.60. The molecule has 0 aliphatic heterocycles. The fourth-order valence-corrected chi connectivity index (χ4v) is 1.84. The van der Waals surface area contributed by atoms with E-state index in [9.17, 15) is 0 Å². The summed E-state index contributed by atoms with van der Waals surface area (Å²) in [6, 6.07) is 7.77. The van der Waals surface area contributed by atoms with E-state index in [-0.39, 0.29) is 6.04 Å².